The van der Waals surface area contributed by atoms with E-state index in [0.717, 1.165) is 5.56 Å². The van der Waals surface area contributed by atoms with Crippen LogP contribution in [0.15, 0.2) is 65.9 Å². The van der Waals surface area contributed by atoms with Gasteiger partial charge in [-0.3, -0.25) is 4.79 Å². The van der Waals surface area contributed by atoms with Crippen molar-refractivity contribution >= 4 is 17.5 Å². The van der Waals surface area contributed by atoms with Crippen molar-refractivity contribution in [2.75, 3.05) is 17.2 Å². The predicted octanol–water partition coefficient (Wildman–Crippen LogP) is 3.00. The van der Waals surface area contributed by atoms with Gasteiger partial charge in [-0.05, 0) is 42.5 Å². The molecule has 8 nitrogen and oxygen atoms in total. The van der Waals surface area contributed by atoms with E-state index in [1.54, 1.807) is 4.68 Å². The highest BCUT2D eigenvalue weighted by atomic mass is 16.5. The van der Waals surface area contributed by atoms with Crippen molar-refractivity contribution in [2.24, 2.45) is 0 Å². The first kappa shape index (κ1) is 17.7. The molecule has 8 heteroatoms. The second-order valence-corrected chi connectivity index (χ2v) is 6.30. The number of hydrogen-bond acceptors (Lipinski definition) is 6. The molecule has 2 heterocycles. The molecule has 0 spiro atoms. The molecule has 1 amide bonds. The molecule has 1 unspecified atom stereocenters. The van der Waals surface area contributed by atoms with Crippen LogP contribution in [0.2, 0.25) is 0 Å². The summed E-state index contributed by atoms with van der Waals surface area (Å²) in [7, 11) is 0. The highest BCUT2D eigenvalue weighted by Crippen LogP contribution is 2.38. The van der Waals surface area contributed by atoms with Crippen LogP contribution in [0.25, 0.3) is 0 Å². The number of rotatable bonds is 5. The van der Waals surface area contributed by atoms with Gasteiger partial charge in [0.25, 0.3) is 5.91 Å². The van der Waals surface area contributed by atoms with Crippen LogP contribution in [0.5, 0.6) is 5.75 Å². The van der Waals surface area contributed by atoms with Crippen LogP contribution in [0.3, 0.4) is 0 Å². The number of nitrogens with one attached hydrogen (secondary N) is 2. The molecule has 28 heavy (non-hydrogen) atoms. The molecule has 0 saturated carbocycles. The minimum Gasteiger partial charge on any atom is -0.494 e. The largest absolute Gasteiger partial charge is 0.494 e. The SMILES string of the molecule is CCOc1ccccc1C1C(C(=O)Nc2ccccc2)=C(C)Nc2nnnn21. The van der Waals surface area contributed by atoms with Gasteiger partial charge in [-0.15, -0.1) is 0 Å². The van der Waals surface area contributed by atoms with E-state index in [2.05, 4.69) is 26.2 Å². The summed E-state index contributed by atoms with van der Waals surface area (Å²) in [6, 6.07) is 16.4. The highest BCUT2D eigenvalue weighted by Gasteiger charge is 2.35. The molecule has 0 aliphatic carbocycles. The number of fused-ring (bicyclic) bond motifs is 1. The monoisotopic (exact) mass is 376 g/mol. The molecule has 1 aromatic heterocycles. The van der Waals surface area contributed by atoms with E-state index >= 15 is 0 Å². The fourth-order valence-electron chi connectivity index (χ4n) is 3.31. The Hall–Kier alpha value is -3.68. The normalized spacial score (nSPS) is 15.6. The van der Waals surface area contributed by atoms with Gasteiger partial charge in [-0.25, -0.2) is 0 Å². The summed E-state index contributed by atoms with van der Waals surface area (Å²) in [5.74, 6) is 0.940. The maximum atomic E-state index is 13.2. The Morgan fingerprint density at radius 2 is 1.93 bits per heavy atom. The van der Waals surface area contributed by atoms with E-state index in [-0.39, 0.29) is 5.91 Å². The molecule has 0 bridgehead atoms. The van der Waals surface area contributed by atoms with Crippen LogP contribution in [0.1, 0.15) is 25.5 Å². The summed E-state index contributed by atoms with van der Waals surface area (Å²) >= 11 is 0. The number of benzene rings is 2. The number of tetrazole rings is 1. The number of anilines is 2. The molecular weight excluding hydrogens is 356 g/mol. The van der Waals surface area contributed by atoms with E-state index in [1.165, 1.54) is 0 Å². The van der Waals surface area contributed by atoms with Crippen LogP contribution in [-0.4, -0.2) is 32.7 Å². The lowest BCUT2D eigenvalue weighted by Gasteiger charge is -2.29. The van der Waals surface area contributed by atoms with E-state index in [1.807, 2.05) is 68.4 Å². The number of amides is 1. The fraction of sp³-hybridized carbons (Fsp3) is 0.200. The summed E-state index contributed by atoms with van der Waals surface area (Å²) in [6.07, 6.45) is 0. The van der Waals surface area contributed by atoms with Gasteiger partial charge in [0, 0.05) is 16.9 Å². The summed E-state index contributed by atoms with van der Waals surface area (Å²) in [5, 5.41) is 18.0. The Morgan fingerprint density at radius 3 is 2.71 bits per heavy atom. The van der Waals surface area contributed by atoms with Gasteiger partial charge in [0.05, 0.1) is 12.2 Å². The topological polar surface area (TPSA) is 94.0 Å². The Balaban J connectivity index is 1.80. The quantitative estimate of drug-likeness (QED) is 0.711. The smallest absolute Gasteiger partial charge is 0.255 e. The van der Waals surface area contributed by atoms with Crippen molar-refractivity contribution in [3.63, 3.8) is 0 Å². The summed E-state index contributed by atoms with van der Waals surface area (Å²) in [5.41, 5.74) is 2.74. The summed E-state index contributed by atoms with van der Waals surface area (Å²) < 4.78 is 7.41. The number of para-hydroxylation sites is 2. The number of carbonyl (C=O) groups is 1. The van der Waals surface area contributed by atoms with Crippen molar-refractivity contribution in [1.29, 1.82) is 0 Å². The Labute approximate surface area is 162 Å². The fourth-order valence-corrected chi connectivity index (χ4v) is 3.31. The molecule has 142 valence electrons. The lowest BCUT2D eigenvalue weighted by molar-refractivity contribution is -0.113. The summed E-state index contributed by atoms with van der Waals surface area (Å²) in [6.45, 7) is 4.28. The minimum absolute atomic E-state index is 0.228. The number of ether oxygens (including phenoxy) is 1. The van der Waals surface area contributed by atoms with Crippen molar-refractivity contribution in [3.05, 3.63) is 71.4 Å². The van der Waals surface area contributed by atoms with Gasteiger partial charge in [0.15, 0.2) is 0 Å². The van der Waals surface area contributed by atoms with Crippen LogP contribution >= 0.6 is 0 Å². The van der Waals surface area contributed by atoms with Gasteiger partial charge < -0.3 is 15.4 Å². The van der Waals surface area contributed by atoms with Crippen LogP contribution in [0, 0.1) is 0 Å². The number of hydrogen-bond donors (Lipinski definition) is 2. The minimum atomic E-state index is -0.516. The average molecular weight is 376 g/mol. The van der Waals surface area contributed by atoms with Gasteiger partial charge >= 0.3 is 0 Å². The number of aromatic nitrogens is 4. The molecule has 1 aliphatic rings. The molecule has 2 N–H and O–H groups in total. The lowest BCUT2D eigenvalue weighted by atomic mass is 9.94. The third-order valence-electron chi connectivity index (χ3n) is 4.50. The second kappa shape index (κ2) is 7.51. The van der Waals surface area contributed by atoms with Crippen molar-refractivity contribution < 1.29 is 9.53 Å². The first-order valence-electron chi connectivity index (χ1n) is 9.02. The van der Waals surface area contributed by atoms with Gasteiger partial charge in [-0.2, -0.15) is 4.68 Å². The van der Waals surface area contributed by atoms with Crippen molar-refractivity contribution in [3.8, 4) is 5.75 Å². The average Bonchev–Trinajstić information content (AvgIpc) is 3.16. The van der Waals surface area contributed by atoms with Crippen molar-refractivity contribution in [2.45, 2.75) is 19.9 Å². The molecule has 1 aliphatic heterocycles. The number of nitrogens with zero attached hydrogens (tertiary/aromatic N) is 4. The zero-order valence-corrected chi connectivity index (χ0v) is 15.6. The zero-order valence-electron chi connectivity index (χ0n) is 15.6. The molecule has 4 rings (SSSR count). The third-order valence-corrected chi connectivity index (χ3v) is 4.50. The molecular formula is C20H20N6O2. The van der Waals surface area contributed by atoms with Crippen molar-refractivity contribution in [1.82, 2.24) is 20.2 Å². The number of carbonyl (C=O) groups excluding carboxylic acids is 1. The van der Waals surface area contributed by atoms with Gasteiger partial charge in [-0.1, -0.05) is 41.5 Å². The van der Waals surface area contributed by atoms with E-state index < -0.39 is 6.04 Å². The zero-order chi connectivity index (χ0) is 19.5. The molecule has 0 radical (unpaired) electrons. The van der Waals surface area contributed by atoms with E-state index in [9.17, 15) is 4.79 Å². The maximum Gasteiger partial charge on any atom is 0.255 e. The van der Waals surface area contributed by atoms with Gasteiger partial charge in [0.1, 0.15) is 11.8 Å². The Kier molecular flexibility index (Phi) is 4.76. The predicted molar refractivity (Wildman–Crippen MR) is 105 cm³/mol. The van der Waals surface area contributed by atoms with E-state index in [0.29, 0.717) is 35.3 Å². The third kappa shape index (κ3) is 3.20. The molecule has 0 fully saturated rings. The van der Waals surface area contributed by atoms with Crippen LogP contribution < -0.4 is 15.4 Å². The first-order chi connectivity index (χ1) is 13.7. The standard InChI is InChI=1S/C20H20N6O2/c1-3-28-16-12-8-7-11-15(16)18-17(13(2)21-20-23-24-25-26(18)20)19(27)22-14-9-5-4-6-10-14/h4-12,18H,3H2,1-2H3,(H,22,27)(H,21,23,25). The number of allylic oxidation sites excluding steroid dienone is 1. The van der Waals surface area contributed by atoms with E-state index in [4.69, 9.17) is 4.74 Å². The molecule has 2 aromatic carbocycles. The molecule has 3 aromatic rings. The van der Waals surface area contributed by atoms with Crippen LogP contribution in [-0.2, 0) is 4.79 Å². The van der Waals surface area contributed by atoms with Crippen LogP contribution in [0.4, 0.5) is 11.6 Å². The molecule has 1 atom stereocenters. The summed E-state index contributed by atoms with van der Waals surface area (Å²) in [4.78, 5) is 13.2. The Morgan fingerprint density at radius 1 is 1.18 bits per heavy atom. The Bertz CT molecular complexity index is 1030. The second-order valence-electron chi connectivity index (χ2n) is 6.30. The lowest BCUT2D eigenvalue weighted by Crippen LogP contribution is -2.31. The molecule has 0 saturated heterocycles. The first-order valence-corrected chi connectivity index (χ1v) is 9.02. The maximum absolute atomic E-state index is 13.2. The van der Waals surface area contributed by atoms with Gasteiger partial charge in [0.2, 0.25) is 5.95 Å². The highest BCUT2D eigenvalue weighted by molar-refractivity contribution is 6.06.